The maximum Gasteiger partial charge on any atom is 0.416 e. The van der Waals surface area contributed by atoms with E-state index in [9.17, 15) is 22.4 Å². The zero-order valence-electron chi connectivity index (χ0n) is 30.2. The van der Waals surface area contributed by atoms with Crippen LogP contribution in [0.25, 0.3) is 28.0 Å². The van der Waals surface area contributed by atoms with Gasteiger partial charge in [0.1, 0.15) is 11.5 Å². The fourth-order valence-electron chi connectivity index (χ4n) is 7.76. The highest BCUT2D eigenvalue weighted by atomic mass is 32.2. The van der Waals surface area contributed by atoms with Crippen LogP contribution in [-0.4, -0.2) is 63.4 Å². The summed E-state index contributed by atoms with van der Waals surface area (Å²) < 4.78 is 73.0. The number of hydrogen-bond acceptors (Lipinski definition) is 6. The van der Waals surface area contributed by atoms with Gasteiger partial charge in [0.15, 0.2) is 0 Å². The molecule has 0 spiro atoms. The lowest BCUT2D eigenvalue weighted by molar-refractivity contribution is -0.137. The molecule has 4 aromatic rings. The van der Waals surface area contributed by atoms with Gasteiger partial charge in [-0.2, -0.15) is 18.2 Å². The zero-order valence-corrected chi connectivity index (χ0v) is 31.0. The van der Waals surface area contributed by atoms with Crippen LogP contribution in [0.15, 0.2) is 52.3 Å². The van der Waals surface area contributed by atoms with Gasteiger partial charge in [-0.3, -0.25) is 19.3 Å². The van der Waals surface area contributed by atoms with Crippen molar-refractivity contribution in [1.29, 1.82) is 5.41 Å². The fourth-order valence-corrected chi connectivity index (χ4v) is 8.46. The highest BCUT2D eigenvalue weighted by Crippen LogP contribution is 2.42. The smallest absolute Gasteiger partial charge is 0.374 e. The Morgan fingerprint density at radius 1 is 1.13 bits per heavy atom. The van der Waals surface area contributed by atoms with Gasteiger partial charge >= 0.3 is 11.9 Å². The summed E-state index contributed by atoms with van der Waals surface area (Å²) in [5, 5.41) is 11.2. The third kappa shape index (κ3) is 9.32. The number of nitrogens with two attached hydrogens (primary N) is 1. The molecule has 2 fully saturated rings. The summed E-state index contributed by atoms with van der Waals surface area (Å²) >= 11 is 1.37. The van der Waals surface area contributed by atoms with Gasteiger partial charge in [-0.15, -0.1) is 11.8 Å². The molecule has 1 unspecified atom stereocenters. The summed E-state index contributed by atoms with van der Waals surface area (Å²) in [5.41, 5.74) is 7.06. The van der Waals surface area contributed by atoms with Crippen LogP contribution < -0.4 is 16.7 Å². The minimum absolute atomic E-state index is 0.0716. The minimum Gasteiger partial charge on any atom is -0.374 e. The summed E-state index contributed by atoms with van der Waals surface area (Å²) in [6.07, 6.45) is 6.48. The van der Waals surface area contributed by atoms with E-state index in [1.54, 1.807) is 25.1 Å². The molecule has 2 aromatic heterocycles. The first kappa shape index (κ1) is 39.0. The molecule has 1 aliphatic carbocycles. The first-order valence-corrected chi connectivity index (χ1v) is 19.7. The van der Waals surface area contributed by atoms with Crippen LogP contribution >= 0.6 is 11.8 Å². The molecule has 8 nitrogen and oxygen atoms in total. The summed E-state index contributed by atoms with van der Waals surface area (Å²) in [5.74, 6) is 0.414. The van der Waals surface area contributed by atoms with Crippen molar-refractivity contribution in [2.45, 2.75) is 100 Å². The van der Waals surface area contributed by atoms with Crippen molar-refractivity contribution in [3.8, 4) is 16.9 Å². The quantitative estimate of drug-likeness (QED) is 0.0418. The molecule has 1 aliphatic heterocycles. The monoisotopic (exact) mass is 757 g/mol. The number of alkyl halides is 4. The van der Waals surface area contributed by atoms with Gasteiger partial charge < -0.3 is 16.0 Å². The molecule has 1 saturated carbocycles. The van der Waals surface area contributed by atoms with Crippen molar-refractivity contribution in [3.05, 3.63) is 75.6 Å². The molecule has 5 N–H and O–H groups in total. The molecular formula is C39H48F5N7OS. The molecule has 6 rings (SSSR count). The second-order valence-corrected chi connectivity index (χ2v) is 15.3. The Balaban J connectivity index is 1.30. The predicted octanol–water partition coefficient (Wildman–Crippen LogP) is 8.55. The molecule has 0 amide bonds. The number of H-pyrrole nitrogens is 1. The Bertz CT molecular complexity index is 1970. The van der Waals surface area contributed by atoms with E-state index >= 15 is 4.39 Å². The number of benzene rings is 2. The summed E-state index contributed by atoms with van der Waals surface area (Å²) in [6, 6.07) is 8.62. The first-order valence-electron chi connectivity index (χ1n) is 18.4. The van der Waals surface area contributed by atoms with E-state index in [1.165, 1.54) is 34.7 Å². The van der Waals surface area contributed by atoms with Crippen LogP contribution in [0.5, 0.6) is 0 Å². The van der Waals surface area contributed by atoms with Crippen LogP contribution in [0, 0.1) is 17.1 Å². The second kappa shape index (κ2) is 16.7. The van der Waals surface area contributed by atoms with Gasteiger partial charge in [0.25, 0.3) is 0 Å². The Labute approximate surface area is 310 Å². The van der Waals surface area contributed by atoms with E-state index in [4.69, 9.17) is 11.1 Å². The summed E-state index contributed by atoms with van der Waals surface area (Å²) in [6.45, 7) is 2.27. The van der Waals surface area contributed by atoms with Crippen molar-refractivity contribution in [1.82, 2.24) is 24.8 Å². The number of halogens is 5. The van der Waals surface area contributed by atoms with E-state index in [-0.39, 0.29) is 29.5 Å². The van der Waals surface area contributed by atoms with Gasteiger partial charge in [0, 0.05) is 59.0 Å². The average molecular weight is 758 g/mol. The van der Waals surface area contributed by atoms with E-state index in [2.05, 4.69) is 20.2 Å². The fraction of sp³-hybridized carbons (Fsp3) is 0.513. The third-order valence-corrected chi connectivity index (χ3v) is 11.4. The Hall–Kier alpha value is -3.75. The van der Waals surface area contributed by atoms with Crippen molar-refractivity contribution >= 4 is 28.6 Å². The lowest BCUT2D eigenvalue weighted by atomic mass is 9.88. The van der Waals surface area contributed by atoms with Gasteiger partial charge in [-0.25, -0.2) is 9.18 Å². The van der Waals surface area contributed by atoms with E-state index in [0.717, 1.165) is 44.6 Å². The molecule has 2 aliphatic rings. The van der Waals surface area contributed by atoms with E-state index in [1.807, 2.05) is 6.26 Å². The lowest BCUT2D eigenvalue weighted by Gasteiger charge is -2.43. The van der Waals surface area contributed by atoms with Gasteiger partial charge in [0.05, 0.1) is 23.8 Å². The van der Waals surface area contributed by atoms with Crippen molar-refractivity contribution in [2.75, 3.05) is 26.0 Å². The number of aryl methyl sites for hydroxylation is 1. The number of nitrogens with zero attached hydrogens (tertiary/aromatic N) is 3. The number of fused-ring (bicyclic) bond motifs is 1. The number of nitrogens with one attached hydrogen (secondary N) is 3. The number of aromatic nitrogens is 3. The van der Waals surface area contributed by atoms with Crippen LogP contribution in [0.3, 0.4) is 0 Å². The standard InChI is InChI=1S/C39H48F5N7OS/c1-23(45)47-14-12-29-7-4-9-34(50(29)15-5-13-40)36-31(41)20-30(21-35(36)53-2)51-22-27-19-33(48-37(27)49-38(51)52)26-16-24(17-28(18-26)39(42,43)44)6-3-8-32(46)25-10-11-25/h16-22,25,29,32,34H,3-15,46H2,1-2H3,(H2,45,47)(H,48,49,52)/t29-,32?,34-/m0/s1. The number of aromatic amines is 1. The summed E-state index contributed by atoms with van der Waals surface area (Å²) in [4.78, 5) is 23.5. The molecule has 1 saturated heterocycles. The van der Waals surface area contributed by atoms with Gasteiger partial charge in [-0.1, -0.05) is 0 Å². The van der Waals surface area contributed by atoms with Crippen LogP contribution in [-0.2, 0) is 12.6 Å². The number of hydrogen-bond donors (Lipinski definition) is 4. The molecule has 3 atom stereocenters. The highest BCUT2D eigenvalue weighted by Gasteiger charge is 2.35. The Morgan fingerprint density at radius 3 is 2.62 bits per heavy atom. The average Bonchev–Trinajstić information content (AvgIpc) is 3.89. The number of piperidine rings is 1. The summed E-state index contributed by atoms with van der Waals surface area (Å²) in [7, 11) is 0. The number of thioether (sulfide) groups is 1. The van der Waals surface area contributed by atoms with Crippen LogP contribution in [0.2, 0.25) is 0 Å². The topological polar surface area (TPSA) is 116 Å². The maximum atomic E-state index is 16.4. The lowest BCUT2D eigenvalue weighted by Crippen LogP contribution is -2.44. The Kier molecular flexibility index (Phi) is 12.3. The molecule has 2 aromatic carbocycles. The number of likely N-dealkylation sites (tertiary alicyclic amines) is 1. The number of amidine groups is 1. The molecule has 286 valence electrons. The first-order chi connectivity index (χ1) is 25.4. The Morgan fingerprint density at radius 2 is 1.92 bits per heavy atom. The largest absolute Gasteiger partial charge is 0.416 e. The van der Waals surface area contributed by atoms with Crippen LogP contribution in [0.4, 0.5) is 22.0 Å². The van der Waals surface area contributed by atoms with Crippen molar-refractivity contribution in [3.63, 3.8) is 0 Å². The molecule has 3 heterocycles. The molecule has 53 heavy (non-hydrogen) atoms. The van der Waals surface area contributed by atoms with Crippen LogP contribution in [0.1, 0.15) is 87.4 Å². The molecule has 0 radical (unpaired) electrons. The predicted molar refractivity (Wildman–Crippen MR) is 201 cm³/mol. The minimum atomic E-state index is -4.55. The normalized spacial score (nSPS) is 18.8. The maximum absolute atomic E-state index is 16.4. The second-order valence-electron chi connectivity index (χ2n) is 14.5. The molecule has 14 heteroatoms. The van der Waals surface area contributed by atoms with E-state index < -0.39 is 29.9 Å². The van der Waals surface area contributed by atoms with Crippen molar-refractivity contribution < 1.29 is 22.0 Å². The SMILES string of the molecule is CSc1cc(-n2cc3cc(-c4cc(CCCC(N)C5CC5)cc(C(F)(F)F)c4)[nH]c3nc2=O)cc(F)c1[C@@H]1CCC[C@@H](CCNC(C)=N)N1CCCF. The van der Waals surface area contributed by atoms with Crippen molar-refractivity contribution in [2.24, 2.45) is 11.7 Å². The number of rotatable bonds is 15. The highest BCUT2D eigenvalue weighted by molar-refractivity contribution is 7.98. The third-order valence-electron chi connectivity index (χ3n) is 10.6. The molecule has 0 bridgehead atoms. The zero-order chi connectivity index (χ0) is 37.9. The molecular weight excluding hydrogens is 710 g/mol. The van der Waals surface area contributed by atoms with Gasteiger partial charge in [0.2, 0.25) is 0 Å². The van der Waals surface area contributed by atoms with E-state index in [0.29, 0.717) is 83.2 Å². The van der Waals surface area contributed by atoms with Gasteiger partial charge in [-0.05, 0) is 131 Å².